The van der Waals surface area contributed by atoms with Crippen LogP contribution in [0.25, 0.3) is 0 Å². The van der Waals surface area contributed by atoms with Crippen LogP contribution in [0, 0.1) is 10.1 Å². The number of hydrogen-bond acceptors (Lipinski definition) is 4. The molecule has 0 saturated carbocycles. The highest BCUT2D eigenvalue weighted by atomic mass is 16.6. The van der Waals surface area contributed by atoms with Crippen molar-refractivity contribution in [3.63, 3.8) is 0 Å². The number of benzene rings is 1. The average molecular weight is 221 g/mol. The summed E-state index contributed by atoms with van der Waals surface area (Å²) in [7, 11) is 0. The van der Waals surface area contributed by atoms with Gasteiger partial charge < -0.3 is 5.32 Å². The van der Waals surface area contributed by atoms with Gasteiger partial charge >= 0.3 is 6.03 Å². The summed E-state index contributed by atoms with van der Waals surface area (Å²) in [4.78, 5) is 33.5. The number of nitro benzene ring substituents is 1. The second-order valence-electron chi connectivity index (χ2n) is 3.16. The molecule has 0 radical (unpaired) electrons. The Labute approximate surface area is 89.8 Å². The first kappa shape index (κ1) is 10.1. The number of imide groups is 1. The molecule has 7 heteroatoms. The molecule has 1 saturated heterocycles. The Hall–Kier alpha value is -2.44. The number of rotatable bonds is 2. The molecule has 1 N–H and O–H groups in total. The Balaban J connectivity index is 2.40. The number of non-ortho nitro benzene ring substituents is 1. The number of carbonyl (C=O) groups is 2. The van der Waals surface area contributed by atoms with Gasteiger partial charge in [0, 0.05) is 12.1 Å². The Kier molecular flexibility index (Phi) is 2.28. The van der Waals surface area contributed by atoms with Crippen LogP contribution >= 0.6 is 0 Å². The van der Waals surface area contributed by atoms with Gasteiger partial charge in [-0.05, 0) is 6.07 Å². The SMILES string of the molecule is O=C1CNC(=O)N1c1cccc([N+](=O)[O-])c1. The highest BCUT2D eigenvalue weighted by Crippen LogP contribution is 2.22. The number of hydrogen-bond donors (Lipinski definition) is 1. The third-order valence-electron chi connectivity index (χ3n) is 2.14. The van der Waals surface area contributed by atoms with Gasteiger partial charge in [0.15, 0.2) is 0 Å². The quantitative estimate of drug-likeness (QED) is 0.450. The van der Waals surface area contributed by atoms with E-state index >= 15 is 0 Å². The maximum absolute atomic E-state index is 11.3. The summed E-state index contributed by atoms with van der Waals surface area (Å²) in [5.41, 5.74) is 0.0409. The smallest absolute Gasteiger partial charge is 0.328 e. The maximum Gasteiger partial charge on any atom is 0.329 e. The number of anilines is 1. The van der Waals surface area contributed by atoms with E-state index in [0.29, 0.717) is 0 Å². The van der Waals surface area contributed by atoms with Crippen molar-refractivity contribution in [3.8, 4) is 0 Å². The lowest BCUT2D eigenvalue weighted by atomic mass is 10.2. The van der Waals surface area contributed by atoms with Gasteiger partial charge in [0.2, 0.25) is 0 Å². The Bertz CT molecular complexity index is 469. The molecule has 0 unspecified atom stereocenters. The average Bonchev–Trinajstić information content (AvgIpc) is 2.59. The number of nitro groups is 1. The highest BCUT2D eigenvalue weighted by molar-refractivity contribution is 6.19. The predicted molar refractivity (Wildman–Crippen MR) is 54.0 cm³/mol. The third kappa shape index (κ3) is 1.58. The molecular weight excluding hydrogens is 214 g/mol. The van der Waals surface area contributed by atoms with Crippen molar-refractivity contribution in [2.24, 2.45) is 0 Å². The minimum Gasteiger partial charge on any atom is -0.328 e. The lowest BCUT2D eigenvalue weighted by molar-refractivity contribution is -0.384. The lowest BCUT2D eigenvalue weighted by Crippen LogP contribution is -2.30. The molecule has 0 bridgehead atoms. The first-order valence-electron chi connectivity index (χ1n) is 4.45. The van der Waals surface area contributed by atoms with Gasteiger partial charge in [0.25, 0.3) is 11.6 Å². The van der Waals surface area contributed by atoms with Crippen molar-refractivity contribution in [2.45, 2.75) is 0 Å². The van der Waals surface area contributed by atoms with Crippen LogP contribution in [0.3, 0.4) is 0 Å². The number of nitrogens with zero attached hydrogens (tertiary/aromatic N) is 2. The van der Waals surface area contributed by atoms with Crippen LogP contribution in [-0.2, 0) is 4.79 Å². The molecule has 1 aromatic carbocycles. The zero-order valence-electron chi connectivity index (χ0n) is 8.04. The van der Waals surface area contributed by atoms with Crippen LogP contribution in [0.2, 0.25) is 0 Å². The summed E-state index contributed by atoms with van der Waals surface area (Å²) >= 11 is 0. The molecule has 7 nitrogen and oxygen atoms in total. The van der Waals surface area contributed by atoms with Gasteiger partial charge in [0.1, 0.15) is 0 Å². The molecule has 16 heavy (non-hydrogen) atoms. The number of nitrogens with one attached hydrogen (secondary N) is 1. The summed E-state index contributed by atoms with van der Waals surface area (Å²) in [5.74, 6) is -0.425. The molecule has 0 aromatic heterocycles. The lowest BCUT2D eigenvalue weighted by Gasteiger charge is -2.11. The van der Waals surface area contributed by atoms with Crippen LogP contribution in [0.15, 0.2) is 24.3 Å². The van der Waals surface area contributed by atoms with E-state index in [-0.39, 0.29) is 17.9 Å². The van der Waals surface area contributed by atoms with Crippen molar-refractivity contribution < 1.29 is 14.5 Å². The minimum atomic E-state index is -0.581. The van der Waals surface area contributed by atoms with E-state index in [0.717, 1.165) is 4.90 Å². The molecule has 1 fully saturated rings. The topological polar surface area (TPSA) is 92.6 Å². The van der Waals surface area contributed by atoms with E-state index < -0.39 is 16.9 Å². The second kappa shape index (κ2) is 3.61. The molecule has 3 amide bonds. The molecule has 0 atom stereocenters. The fourth-order valence-electron chi connectivity index (χ4n) is 1.43. The van der Waals surface area contributed by atoms with Crippen molar-refractivity contribution in [3.05, 3.63) is 34.4 Å². The zero-order chi connectivity index (χ0) is 11.7. The van der Waals surface area contributed by atoms with Gasteiger partial charge in [0.05, 0.1) is 17.2 Å². The Morgan fingerprint density at radius 2 is 2.12 bits per heavy atom. The molecule has 1 aromatic rings. The molecule has 2 rings (SSSR count). The normalized spacial score (nSPS) is 15.1. The van der Waals surface area contributed by atoms with Crippen LogP contribution in [0.5, 0.6) is 0 Å². The molecular formula is C9H7N3O4. The Morgan fingerprint density at radius 3 is 2.69 bits per heavy atom. The first-order chi connectivity index (χ1) is 7.59. The third-order valence-corrected chi connectivity index (χ3v) is 2.14. The molecule has 1 aliphatic rings. The molecule has 1 aliphatic heterocycles. The fourth-order valence-corrected chi connectivity index (χ4v) is 1.43. The second-order valence-corrected chi connectivity index (χ2v) is 3.16. The minimum absolute atomic E-state index is 0.0818. The van der Waals surface area contributed by atoms with Crippen LogP contribution in [-0.4, -0.2) is 23.4 Å². The maximum atomic E-state index is 11.3. The van der Waals surface area contributed by atoms with Crippen molar-refractivity contribution in [2.75, 3.05) is 11.4 Å². The summed E-state index contributed by atoms with van der Waals surface area (Å²) in [5, 5.41) is 12.9. The highest BCUT2D eigenvalue weighted by Gasteiger charge is 2.30. The van der Waals surface area contributed by atoms with Crippen LogP contribution in [0.4, 0.5) is 16.2 Å². The van der Waals surface area contributed by atoms with Gasteiger partial charge in [-0.3, -0.25) is 14.9 Å². The zero-order valence-corrected chi connectivity index (χ0v) is 8.04. The fraction of sp³-hybridized carbons (Fsp3) is 0.111. The van der Waals surface area contributed by atoms with E-state index in [1.807, 2.05) is 0 Å². The van der Waals surface area contributed by atoms with Gasteiger partial charge in [-0.15, -0.1) is 0 Å². The number of urea groups is 1. The van der Waals surface area contributed by atoms with E-state index in [9.17, 15) is 19.7 Å². The summed E-state index contributed by atoms with van der Waals surface area (Å²) < 4.78 is 0. The molecule has 1 heterocycles. The van der Waals surface area contributed by atoms with Crippen molar-refractivity contribution in [1.82, 2.24) is 5.32 Å². The van der Waals surface area contributed by atoms with E-state index in [1.54, 1.807) is 0 Å². The molecule has 0 spiro atoms. The van der Waals surface area contributed by atoms with E-state index in [1.165, 1.54) is 24.3 Å². The first-order valence-corrected chi connectivity index (χ1v) is 4.45. The number of amides is 3. The summed E-state index contributed by atoms with van der Waals surface area (Å²) in [6.07, 6.45) is 0. The summed E-state index contributed by atoms with van der Waals surface area (Å²) in [6.45, 7) is -0.0818. The Morgan fingerprint density at radius 1 is 1.38 bits per heavy atom. The van der Waals surface area contributed by atoms with Gasteiger partial charge in [-0.1, -0.05) is 6.07 Å². The standard InChI is InChI=1S/C9H7N3O4/c13-8-5-10-9(14)11(8)6-2-1-3-7(4-6)12(15)16/h1-4H,5H2,(H,10,14). The van der Waals surface area contributed by atoms with Gasteiger partial charge in [-0.25, -0.2) is 9.69 Å². The van der Waals surface area contributed by atoms with E-state index in [4.69, 9.17) is 0 Å². The van der Waals surface area contributed by atoms with Crippen molar-refractivity contribution in [1.29, 1.82) is 0 Å². The largest absolute Gasteiger partial charge is 0.329 e. The molecule has 0 aliphatic carbocycles. The monoisotopic (exact) mass is 221 g/mol. The number of carbonyl (C=O) groups excluding carboxylic acids is 2. The van der Waals surface area contributed by atoms with E-state index in [2.05, 4.69) is 5.32 Å². The van der Waals surface area contributed by atoms with Crippen LogP contribution < -0.4 is 10.2 Å². The van der Waals surface area contributed by atoms with Gasteiger partial charge in [-0.2, -0.15) is 0 Å². The summed E-state index contributed by atoms with van der Waals surface area (Å²) in [6, 6.07) is 4.80. The van der Waals surface area contributed by atoms with Crippen molar-refractivity contribution >= 4 is 23.3 Å². The predicted octanol–water partition coefficient (Wildman–Crippen LogP) is 0.651. The molecule has 82 valence electrons. The van der Waals surface area contributed by atoms with Crippen LogP contribution in [0.1, 0.15) is 0 Å².